The normalized spacial score (nSPS) is 14.9. The van der Waals surface area contributed by atoms with E-state index in [2.05, 4.69) is 15.1 Å². The highest BCUT2D eigenvalue weighted by molar-refractivity contribution is 5.94. The van der Waals surface area contributed by atoms with Gasteiger partial charge in [-0.15, -0.1) is 0 Å². The molecule has 3 rings (SSSR count). The van der Waals surface area contributed by atoms with Crippen LogP contribution in [0, 0.1) is 10.1 Å². The van der Waals surface area contributed by atoms with E-state index in [-0.39, 0.29) is 23.8 Å². The van der Waals surface area contributed by atoms with Crippen LogP contribution in [0.4, 0.5) is 11.4 Å². The number of para-hydroxylation sites is 2. The molecule has 2 aromatic carbocycles. The van der Waals surface area contributed by atoms with E-state index in [0.29, 0.717) is 11.5 Å². The lowest BCUT2D eigenvalue weighted by molar-refractivity contribution is -0.383. The van der Waals surface area contributed by atoms with Crippen LogP contribution in [0.5, 0.6) is 11.5 Å². The summed E-state index contributed by atoms with van der Waals surface area (Å²) in [6, 6.07) is 12.1. The number of hydrogen-bond donors (Lipinski definition) is 1. The molecule has 9 heteroatoms. The summed E-state index contributed by atoms with van der Waals surface area (Å²) >= 11 is 0. The summed E-state index contributed by atoms with van der Waals surface area (Å²) in [7, 11) is 3.23. The van der Waals surface area contributed by atoms with Crippen LogP contribution >= 0.6 is 0 Å². The lowest BCUT2D eigenvalue weighted by Gasteiger charge is -2.34. The molecule has 0 unspecified atom stereocenters. The van der Waals surface area contributed by atoms with Gasteiger partial charge in [-0.2, -0.15) is 0 Å². The number of nitro groups is 1. The molecule has 0 radical (unpaired) electrons. The Morgan fingerprint density at radius 1 is 1.03 bits per heavy atom. The van der Waals surface area contributed by atoms with Crippen LogP contribution in [0.2, 0.25) is 0 Å². The smallest absolute Gasteiger partial charge is 0.292 e. The number of nitrogens with zero attached hydrogens (tertiary/aromatic N) is 3. The molecule has 9 nitrogen and oxygen atoms in total. The fourth-order valence-corrected chi connectivity index (χ4v) is 3.47. The average Bonchev–Trinajstić information content (AvgIpc) is 2.75. The number of benzene rings is 2. The predicted molar refractivity (Wildman–Crippen MR) is 113 cm³/mol. The number of rotatable bonds is 8. The minimum atomic E-state index is -0.497. The molecule has 30 heavy (non-hydrogen) atoms. The van der Waals surface area contributed by atoms with Gasteiger partial charge in [-0.25, -0.2) is 0 Å². The monoisotopic (exact) mass is 414 g/mol. The highest BCUT2D eigenvalue weighted by atomic mass is 16.6. The predicted octanol–water partition coefficient (Wildman–Crippen LogP) is 2.37. The molecule has 1 heterocycles. The third-order valence-corrected chi connectivity index (χ3v) is 5.06. The van der Waals surface area contributed by atoms with Crippen molar-refractivity contribution in [2.45, 2.75) is 6.54 Å². The Morgan fingerprint density at radius 2 is 1.70 bits per heavy atom. The van der Waals surface area contributed by atoms with Crippen LogP contribution in [0.25, 0.3) is 0 Å². The van der Waals surface area contributed by atoms with Crippen LogP contribution in [0.3, 0.4) is 0 Å². The van der Waals surface area contributed by atoms with Crippen molar-refractivity contribution in [1.29, 1.82) is 0 Å². The first-order valence-corrected chi connectivity index (χ1v) is 9.69. The van der Waals surface area contributed by atoms with Gasteiger partial charge in [-0.05, 0) is 23.8 Å². The largest absolute Gasteiger partial charge is 0.493 e. The summed E-state index contributed by atoms with van der Waals surface area (Å²) in [5, 5.41) is 13.7. The Balaban J connectivity index is 1.49. The van der Waals surface area contributed by atoms with Gasteiger partial charge in [0, 0.05) is 38.8 Å². The van der Waals surface area contributed by atoms with E-state index in [4.69, 9.17) is 9.47 Å². The highest BCUT2D eigenvalue weighted by Crippen LogP contribution is 2.28. The summed E-state index contributed by atoms with van der Waals surface area (Å²) in [4.78, 5) is 27.3. The number of methoxy groups -OCH3 is 2. The molecule has 2 aromatic rings. The molecule has 1 fully saturated rings. The topological polar surface area (TPSA) is 97.2 Å². The second-order valence-corrected chi connectivity index (χ2v) is 7.06. The number of carbonyl (C=O) groups excluding carboxylic acids is 1. The van der Waals surface area contributed by atoms with Gasteiger partial charge in [0.05, 0.1) is 25.7 Å². The molecule has 1 N–H and O–H groups in total. The number of anilines is 1. The summed E-state index contributed by atoms with van der Waals surface area (Å²) in [5.74, 6) is 1.16. The van der Waals surface area contributed by atoms with Gasteiger partial charge in [-0.3, -0.25) is 24.7 Å². The van der Waals surface area contributed by atoms with Gasteiger partial charge >= 0.3 is 0 Å². The third-order valence-electron chi connectivity index (χ3n) is 5.06. The Morgan fingerprint density at radius 3 is 2.37 bits per heavy atom. The standard InChI is InChI=1S/C21H26N4O5/c1-29-19-8-7-16(13-20(19)30-2)14-23-9-11-24(12-10-23)15-21(26)22-17-5-3-4-6-18(17)25(27)28/h3-8,13H,9-12,14-15H2,1-2H3,(H,22,26). The fourth-order valence-electron chi connectivity index (χ4n) is 3.47. The Kier molecular flexibility index (Phi) is 7.21. The Hall–Kier alpha value is -3.17. The number of piperazine rings is 1. The SMILES string of the molecule is COc1ccc(CN2CCN(CC(=O)Nc3ccccc3[N+](=O)[O-])CC2)cc1OC. The van der Waals surface area contributed by atoms with Crippen molar-refractivity contribution >= 4 is 17.3 Å². The number of hydrogen-bond acceptors (Lipinski definition) is 7. The number of carbonyl (C=O) groups is 1. The average molecular weight is 414 g/mol. The molecule has 0 saturated carbocycles. The fraction of sp³-hybridized carbons (Fsp3) is 0.381. The van der Waals surface area contributed by atoms with Gasteiger partial charge in [0.15, 0.2) is 11.5 Å². The summed E-state index contributed by atoms with van der Waals surface area (Å²) in [6.45, 7) is 4.14. The van der Waals surface area contributed by atoms with Crippen molar-refractivity contribution in [2.75, 3.05) is 52.3 Å². The molecule has 1 saturated heterocycles. The van der Waals surface area contributed by atoms with Crippen molar-refractivity contribution in [3.8, 4) is 11.5 Å². The number of amides is 1. The van der Waals surface area contributed by atoms with E-state index in [0.717, 1.165) is 38.3 Å². The van der Waals surface area contributed by atoms with Crippen LogP contribution in [0.15, 0.2) is 42.5 Å². The van der Waals surface area contributed by atoms with Crippen molar-refractivity contribution in [1.82, 2.24) is 9.80 Å². The molecule has 0 bridgehead atoms. The zero-order chi connectivity index (χ0) is 21.5. The van der Waals surface area contributed by atoms with E-state index >= 15 is 0 Å². The van der Waals surface area contributed by atoms with Gasteiger partial charge < -0.3 is 14.8 Å². The first kappa shape index (κ1) is 21.5. The van der Waals surface area contributed by atoms with Gasteiger partial charge in [0.2, 0.25) is 5.91 Å². The lowest BCUT2D eigenvalue weighted by Crippen LogP contribution is -2.48. The van der Waals surface area contributed by atoms with Crippen molar-refractivity contribution < 1.29 is 19.2 Å². The Labute approximate surface area is 175 Å². The van der Waals surface area contributed by atoms with Gasteiger partial charge in [0.25, 0.3) is 5.69 Å². The van der Waals surface area contributed by atoms with Crippen LogP contribution in [-0.4, -0.2) is 67.6 Å². The zero-order valence-electron chi connectivity index (χ0n) is 17.2. The van der Waals surface area contributed by atoms with Crippen LogP contribution in [-0.2, 0) is 11.3 Å². The maximum atomic E-state index is 12.3. The van der Waals surface area contributed by atoms with E-state index < -0.39 is 4.92 Å². The second-order valence-electron chi connectivity index (χ2n) is 7.06. The van der Waals surface area contributed by atoms with E-state index in [1.165, 1.54) is 12.1 Å². The second kappa shape index (κ2) is 10.0. The minimum absolute atomic E-state index is 0.106. The number of ether oxygens (including phenoxy) is 2. The molecule has 0 atom stereocenters. The minimum Gasteiger partial charge on any atom is -0.493 e. The van der Waals surface area contributed by atoms with E-state index in [1.54, 1.807) is 26.4 Å². The summed E-state index contributed by atoms with van der Waals surface area (Å²) in [5.41, 5.74) is 1.25. The molecule has 1 aliphatic rings. The highest BCUT2D eigenvalue weighted by Gasteiger charge is 2.21. The van der Waals surface area contributed by atoms with Crippen molar-refractivity contribution in [3.63, 3.8) is 0 Å². The quantitative estimate of drug-likeness (QED) is 0.523. The molecule has 1 aliphatic heterocycles. The molecular formula is C21H26N4O5. The molecular weight excluding hydrogens is 388 g/mol. The van der Waals surface area contributed by atoms with Gasteiger partial charge in [0.1, 0.15) is 5.69 Å². The molecule has 0 aromatic heterocycles. The lowest BCUT2D eigenvalue weighted by atomic mass is 10.1. The number of nitrogens with one attached hydrogen (secondary N) is 1. The molecule has 1 amide bonds. The summed E-state index contributed by atoms with van der Waals surface area (Å²) in [6.07, 6.45) is 0. The van der Waals surface area contributed by atoms with Crippen LogP contribution in [0.1, 0.15) is 5.56 Å². The first-order valence-electron chi connectivity index (χ1n) is 9.69. The van der Waals surface area contributed by atoms with Crippen LogP contribution < -0.4 is 14.8 Å². The maximum absolute atomic E-state index is 12.3. The third kappa shape index (κ3) is 5.46. The molecule has 160 valence electrons. The number of nitro benzene ring substituents is 1. The summed E-state index contributed by atoms with van der Waals surface area (Å²) < 4.78 is 10.6. The van der Waals surface area contributed by atoms with E-state index in [9.17, 15) is 14.9 Å². The van der Waals surface area contributed by atoms with Crippen molar-refractivity contribution in [3.05, 3.63) is 58.1 Å². The van der Waals surface area contributed by atoms with Gasteiger partial charge in [-0.1, -0.05) is 18.2 Å². The molecule has 0 aliphatic carbocycles. The zero-order valence-corrected chi connectivity index (χ0v) is 17.2. The first-order chi connectivity index (χ1) is 14.5. The van der Waals surface area contributed by atoms with E-state index in [1.807, 2.05) is 18.2 Å². The van der Waals surface area contributed by atoms with Crippen molar-refractivity contribution in [2.24, 2.45) is 0 Å². The Bertz CT molecular complexity index is 897. The maximum Gasteiger partial charge on any atom is 0.292 e. The molecule has 0 spiro atoms.